The molecule has 8 heteroatoms. The summed E-state index contributed by atoms with van der Waals surface area (Å²) in [6.07, 6.45) is 0.0741. The van der Waals surface area contributed by atoms with Crippen molar-refractivity contribution in [3.05, 3.63) is 75.8 Å². The lowest BCUT2D eigenvalue weighted by Gasteiger charge is -2.28. The Kier molecular flexibility index (Phi) is 7.54. The molecule has 2 aromatic carbocycles. The van der Waals surface area contributed by atoms with E-state index in [0.717, 1.165) is 11.8 Å². The molecule has 0 spiro atoms. The van der Waals surface area contributed by atoms with Gasteiger partial charge in [-0.25, -0.2) is 0 Å². The number of anilines is 1. The van der Waals surface area contributed by atoms with Gasteiger partial charge >= 0.3 is 5.97 Å². The number of amides is 2. The molecule has 156 valence electrons. The number of ether oxygens (including phenoxy) is 1. The maximum Gasteiger partial charge on any atom is 0.316 e. The first-order valence-electron chi connectivity index (χ1n) is 9.42. The molecule has 1 unspecified atom stereocenters. The van der Waals surface area contributed by atoms with Gasteiger partial charge in [-0.05, 0) is 30.7 Å². The minimum atomic E-state index is -0.541. The number of benzene rings is 2. The van der Waals surface area contributed by atoms with Crippen molar-refractivity contribution >= 4 is 46.8 Å². The Morgan fingerprint density at radius 3 is 2.57 bits per heavy atom. The van der Waals surface area contributed by atoms with E-state index >= 15 is 0 Å². The van der Waals surface area contributed by atoms with Gasteiger partial charge in [-0.15, -0.1) is 0 Å². The molecule has 0 radical (unpaired) electrons. The Balaban J connectivity index is 2.00. The molecule has 2 aromatic rings. The van der Waals surface area contributed by atoms with E-state index in [1.807, 2.05) is 24.3 Å². The van der Waals surface area contributed by atoms with E-state index in [1.165, 1.54) is 0 Å². The minimum Gasteiger partial charge on any atom is -0.465 e. The summed E-state index contributed by atoms with van der Waals surface area (Å²) >= 11 is 7.45. The first-order chi connectivity index (χ1) is 14.5. The van der Waals surface area contributed by atoms with E-state index in [-0.39, 0.29) is 30.6 Å². The lowest BCUT2D eigenvalue weighted by atomic mass is 9.86. The lowest BCUT2D eigenvalue weighted by Crippen LogP contribution is -2.35. The second-order valence-electron chi connectivity index (χ2n) is 6.48. The number of rotatable bonds is 7. The number of nitrogens with one attached hydrogen (secondary N) is 2. The van der Waals surface area contributed by atoms with E-state index < -0.39 is 11.9 Å². The van der Waals surface area contributed by atoms with E-state index in [1.54, 1.807) is 37.3 Å². The Bertz CT molecular complexity index is 978. The molecule has 3 rings (SSSR count). The fourth-order valence-electron chi connectivity index (χ4n) is 3.14. The first kappa shape index (κ1) is 21.9. The zero-order valence-electron chi connectivity index (χ0n) is 16.3. The van der Waals surface area contributed by atoms with Crippen LogP contribution in [0.1, 0.15) is 24.8 Å². The molecule has 30 heavy (non-hydrogen) atoms. The van der Waals surface area contributed by atoms with Crippen molar-refractivity contribution in [2.75, 3.05) is 17.7 Å². The maximum absolute atomic E-state index is 13.3. The molecule has 0 saturated carbocycles. The highest BCUT2D eigenvalue weighted by Crippen LogP contribution is 2.39. The van der Waals surface area contributed by atoms with Crippen molar-refractivity contribution in [3.63, 3.8) is 0 Å². The summed E-state index contributed by atoms with van der Waals surface area (Å²) in [6.45, 7) is 1.98. The summed E-state index contributed by atoms with van der Waals surface area (Å²) in [7, 11) is 0. The summed E-state index contributed by atoms with van der Waals surface area (Å²) in [5.74, 6) is -1.60. The fourth-order valence-corrected chi connectivity index (χ4v) is 4.33. The van der Waals surface area contributed by atoms with Crippen LogP contribution in [0.3, 0.4) is 0 Å². The van der Waals surface area contributed by atoms with Crippen LogP contribution < -0.4 is 10.6 Å². The predicted octanol–water partition coefficient (Wildman–Crippen LogP) is 4.09. The van der Waals surface area contributed by atoms with E-state index in [9.17, 15) is 14.4 Å². The van der Waals surface area contributed by atoms with Gasteiger partial charge in [-0.2, -0.15) is 0 Å². The number of carbonyl (C=O) groups excluding carboxylic acids is 3. The Morgan fingerprint density at radius 2 is 1.87 bits per heavy atom. The van der Waals surface area contributed by atoms with Gasteiger partial charge < -0.3 is 15.4 Å². The van der Waals surface area contributed by atoms with Crippen molar-refractivity contribution in [2.24, 2.45) is 0 Å². The molecule has 0 bridgehead atoms. The van der Waals surface area contributed by atoms with Crippen LogP contribution in [-0.2, 0) is 19.1 Å². The van der Waals surface area contributed by atoms with Gasteiger partial charge in [0.15, 0.2) is 0 Å². The van der Waals surface area contributed by atoms with Gasteiger partial charge in [0.1, 0.15) is 0 Å². The Hall–Kier alpha value is -2.77. The maximum atomic E-state index is 13.3. The fraction of sp³-hybridized carbons (Fsp3) is 0.227. The molecule has 2 amide bonds. The third-order valence-corrected chi connectivity index (χ3v) is 5.77. The van der Waals surface area contributed by atoms with Gasteiger partial charge in [0.25, 0.3) is 5.91 Å². The first-order valence-corrected chi connectivity index (χ1v) is 10.8. The van der Waals surface area contributed by atoms with Crippen LogP contribution in [0.25, 0.3) is 0 Å². The number of para-hydroxylation sites is 1. The second-order valence-corrected chi connectivity index (χ2v) is 7.88. The number of thioether (sulfide) groups is 1. The minimum absolute atomic E-state index is 0.0270. The number of hydrogen-bond acceptors (Lipinski definition) is 5. The van der Waals surface area contributed by atoms with Crippen molar-refractivity contribution in [1.29, 1.82) is 0 Å². The SMILES string of the molecule is CCOC(=O)CSC1=C(C(=O)Nc2ccccc2)C(c2ccccc2Cl)CC(=O)N1. The van der Waals surface area contributed by atoms with E-state index in [0.29, 0.717) is 26.9 Å². The van der Waals surface area contributed by atoms with Crippen LogP contribution >= 0.6 is 23.4 Å². The molecular weight excluding hydrogens is 424 g/mol. The summed E-state index contributed by atoms with van der Waals surface area (Å²) in [4.78, 5) is 37.5. The Labute approximate surface area is 184 Å². The molecule has 0 saturated heterocycles. The van der Waals surface area contributed by atoms with Crippen LogP contribution in [0, 0.1) is 0 Å². The number of halogens is 1. The predicted molar refractivity (Wildman–Crippen MR) is 118 cm³/mol. The molecule has 0 aliphatic carbocycles. The summed E-state index contributed by atoms with van der Waals surface area (Å²) in [6, 6.07) is 16.2. The average molecular weight is 445 g/mol. The quantitative estimate of drug-likeness (QED) is 0.628. The van der Waals surface area contributed by atoms with Crippen LogP contribution in [0.5, 0.6) is 0 Å². The number of hydrogen-bond donors (Lipinski definition) is 2. The van der Waals surface area contributed by atoms with E-state index in [2.05, 4.69) is 10.6 Å². The smallest absolute Gasteiger partial charge is 0.316 e. The molecule has 2 N–H and O–H groups in total. The molecule has 1 heterocycles. The third-order valence-electron chi connectivity index (χ3n) is 4.43. The standard InChI is InChI=1S/C22H21ClN2O4S/c1-2-29-19(27)13-30-22-20(21(28)24-14-8-4-3-5-9-14)16(12-18(26)25-22)15-10-6-7-11-17(15)23/h3-11,16H,2,12-13H2,1H3,(H,24,28)(H,25,26). The van der Waals surface area contributed by atoms with E-state index in [4.69, 9.17) is 16.3 Å². The number of carbonyl (C=O) groups is 3. The highest BCUT2D eigenvalue weighted by atomic mass is 35.5. The molecule has 1 atom stereocenters. The van der Waals surface area contributed by atoms with Crippen LogP contribution in [0.4, 0.5) is 5.69 Å². The highest BCUT2D eigenvalue weighted by Gasteiger charge is 2.35. The zero-order valence-corrected chi connectivity index (χ0v) is 17.9. The van der Waals surface area contributed by atoms with Gasteiger partial charge in [0, 0.05) is 23.0 Å². The highest BCUT2D eigenvalue weighted by molar-refractivity contribution is 8.03. The van der Waals surface area contributed by atoms with Gasteiger partial charge in [-0.3, -0.25) is 14.4 Å². The average Bonchev–Trinajstić information content (AvgIpc) is 2.73. The van der Waals surface area contributed by atoms with Crippen molar-refractivity contribution in [2.45, 2.75) is 19.3 Å². The molecule has 1 aliphatic heterocycles. The zero-order chi connectivity index (χ0) is 21.5. The summed E-state index contributed by atoms with van der Waals surface area (Å²) in [5, 5.41) is 6.41. The monoisotopic (exact) mass is 444 g/mol. The van der Waals surface area contributed by atoms with Gasteiger partial charge in [0.2, 0.25) is 5.91 Å². The normalized spacial score (nSPS) is 16.1. The summed E-state index contributed by atoms with van der Waals surface area (Å²) < 4.78 is 4.97. The van der Waals surface area contributed by atoms with Crippen molar-refractivity contribution in [3.8, 4) is 0 Å². The van der Waals surface area contributed by atoms with Gasteiger partial charge in [-0.1, -0.05) is 59.8 Å². The van der Waals surface area contributed by atoms with Crippen LogP contribution in [0.2, 0.25) is 5.02 Å². The number of esters is 1. The van der Waals surface area contributed by atoms with Crippen molar-refractivity contribution in [1.82, 2.24) is 5.32 Å². The third kappa shape index (κ3) is 5.43. The largest absolute Gasteiger partial charge is 0.465 e. The second kappa shape index (κ2) is 10.3. The molecule has 0 fully saturated rings. The lowest BCUT2D eigenvalue weighted by molar-refractivity contribution is -0.139. The van der Waals surface area contributed by atoms with Crippen LogP contribution in [-0.4, -0.2) is 30.1 Å². The Morgan fingerprint density at radius 1 is 1.17 bits per heavy atom. The van der Waals surface area contributed by atoms with Gasteiger partial charge in [0.05, 0.1) is 23.0 Å². The summed E-state index contributed by atoms with van der Waals surface area (Å²) in [5.41, 5.74) is 1.67. The molecule has 0 aromatic heterocycles. The molecule has 1 aliphatic rings. The van der Waals surface area contributed by atoms with Crippen LogP contribution in [0.15, 0.2) is 65.2 Å². The molecule has 6 nitrogen and oxygen atoms in total. The molecular formula is C22H21ClN2O4S. The topological polar surface area (TPSA) is 84.5 Å². The van der Waals surface area contributed by atoms with Crippen molar-refractivity contribution < 1.29 is 19.1 Å².